The van der Waals surface area contributed by atoms with Gasteiger partial charge in [-0.3, -0.25) is 4.79 Å². The molecule has 0 unspecified atom stereocenters. The van der Waals surface area contributed by atoms with Crippen LogP contribution in [0.5, 0.6) is 0 Å². The molecular weight excluding hydrogens is 332 g/mol. The van der Waals surface area contributed by atoms with Crippen LogP contribution in [0.15, 0.2) is 36.5 Å². The van der Waals surface area contributed by atoms with E-state index >= 15 is 0 Å². The molecule has 0 bridgehead atoms. The molecule has 0 atom stereocenters. The number of nitrogens with one attached hydrogen (secondary N) is 3. The van der Waals surface area contributed by atoms with E-state index in [1.807, 2.05) is 19.2 Å². The van der Waals surface area contributed by atoms with Crippen LogP contribution in [0.3, 0.4) is 0 Å². The molecule has 0 aliphatic carbocycles. The highest BCUT2D eigenvalue weighted by Crippen LogP contribution is 2.23. The molecule has 0 spiro atoms. The first kappa shape index (κ1) is 17.8. The van der Waals surface area contributed by atoms with E-state index in [2.05, 4.69) is 25.9 Å². The van der Waals surface area contributed by atoms with Crippen molar-refractivity contribution in [1.82, 2.24) is 15.3 Å². The second kappa shape index (κ2) is 7.49. The van der Waals surface area contributed by atoms with Gasteiger partial charge in [-0.25, -0.2) is 14.4 Å². The number of carbonyl (C=O) groups is 1. The molecule has 0 aliphatic rings. The van der Waals surface area contributed by atoms with Crippen molar-refractivity contribution >= 4 is 47.4 Å². The summed E-state index contributed by atoms with van der Waals surface area (Å²) >= 11 is 0. The van der Waals surface area contributed by atoms with E-state index in [4.69, 9.17) is 7.85 Å². The molecule has 0 saturated carbocycles. The summed E-state index contributed by atoms with van der Waals surface area (Å²) in [5.74, 6) is -0.427. The van der Waals surface area contributed by atoms with E-state index < -0.39 is 5.82 Å². The number of amides is 1. The van der Waals surface area contributed by atoms with Crippen LogP contribution in [0.4, 0.5) is 21.7 Å². The lowest BCUT2D eigenvalue weighted by molar-refractivity contribution is -0.114. The quantitative estimate of drug-likeness (QED) is 0.614. The Balaban J connectivity index is 1.95. The Morgan fingerprint density at radius 1 is 1.19 bits per heavy atom. The van der Waals surface area contributed by atoms with Gasteiger partial charge in [-0.2, -0.15) is 0 Å². The molecule has 1 aromatic heterocycles. The monoisotopic (exact) mass is 349 g/mol. The predicted molar refractivity (Wildman–Crippen MR) is 102 cm³/mol. The number of aromatic nitrogens is 2. The largest absolute Gasteiger partial charge is 0.326 e. The summed E-state index contributed by atoms with van der Waals surface area (Å²) in [6, 6.07) is 8.36. The maximum Gasteiger partial charge on any atom is 0.227 e. The number of anilines is 3. The van der Waals surface area contributed by atoms with Crippen molar-refractivity contribution in [3.05, 3.63) is 47.9 Å². The van der Waals surface area contributed by atoms with Crippen molar-refractivity contribution in [3.63, 3.8) is 0 Å². The summed E-state index contributed by atoms with van der Waals surface area (Å²) in [7, 11) is 7.47. The third kappa shape index (κ3) is 4.15. The zero-order valence-electron chi connectivity index (χ0n) is 14.4. The molecular formula is C18H17BFN5O. The lowest BCUT2D eigenvalue weighted by Gasteiger charge is -2.12. The number of benzene rings is 2. The lowest BCUT2D eigenvalue weighted by atomic mass is 9.95. The number of hydrogen-bond acceptors (Lipinski definition) is 5. The minimum atomic E-state index is -0.506. The van der Waals surface area contributed by atoms with Crippen molar-refractivity contribution in [3.8, 4) is 0 Å². The van der Waals surface area contributed by atoms with Crippen LogP contribution < -0.4 is 21.4 Å². The molecule has 3 aromatic rings. The maximum atomic E-state index is 14.1. The molecule has 8 heteroatoms. The molecule has 2 aromatic carbocycles. The molecule has 3 N–H and O–H groups in total. The van der Waals surface area contributed by atoms with Crippen LogP contribution in [0.2, 0.25) is 0 Å². The van der Waals surface area contributed by atoms with Crippen molar-refractivity contribution < 1.29 is 9.18 Å². The normalized spacial score (nSPS) is 10.7. The highest BCUT2D eigenvalue weighted by atomic mass is 19.1. The maximum absolute atomic E-state index is 14.1. The van der Waals surface area contributed by atoms with Gasteiger partial charge in [-0.15, -0.1) is 0 Å². The number of rotatable bonds is 5. The van der Waals surface area contributed by atoms with Gasteiger partial charge >= 0.3 is 0 Å². The number of nitrogens with zero attached hydrogens (tertiary/aromatic N) is 2. The SMILES string of the molecule is [B]c1cc(F)c2nc(Nc3cc(CNC)cc(NC(C)=O)c3)ncc2c1. The Labute approximate surface area is 151 Å². The fourth-order valence-electron chi connectivity index (χ4n) is 2.66. The minimum absolute atomic E-state index is 0.167. The molecule has 3 rings (SSSR count). The summed E-state index contributed by atoms with van der Waals surface area (Å²) in [5, 5.41) is 9.39. The topological polar surface area (TPSA) is 78.9 Å². The smallest absolute Gasteiger partial charge is 0.227 e. The van der Waals surface area contributed by atoms with Crippen molar-refractivity contribution in [2.75, 3.05) is 17.7 Å². The van der Waals surface area contributed by atoms with E-state index in [0.29, 0.717) is 28.8 Å². The number of halogens is 1. The Morgan fingerprint density at radius 2 is 1.96 bits per heavy atom. The molecule has 0 saturated heterocycles. The predicted octanol–water partition coefficient (Wildman–Crippen LogP) is 1.98. The lowest BCUT2D eigenvalue weighted by Crippen LogP contribution is -2.10. The van der Waals surface area contributed by atoms with Gasteiger partial charge < -0.3 is 16.0 Å². The molecule has 26 heavy (non-hydrogen) atoms. The molecule has 0 aliphatic heterocycles. The fourth-order valence-corrected chi connectivity index (χ4v) is 2.66. The van der Waals surface area contributed by atoms with Gasteiger partial charge in [0.05, 0.1) is 0 Å². The van der Waals surface area contributed by atoms with Gasteiger partial charge in [0, 0.05) is 36.4 Å². The van der Waals surface area contributed by atoms with Crippen molar-refractivity contribution in [1.29, 1.82) is 0 Å². The second-order valence-electron chi connectivity index (χ2n) is 5.89. The Hall–Kier alpha value is -3.00. The van der Waals surface area contributed by atoms with Crippen LogP contribution in [0, 0.1) is 5.82 Å². The van der Waals surface area contributed by atoms with Crippen LogP contribution in [-0.2, 0) is 11.3 Å². The standard InChI is InChI=1S/C18H17BFN5O/c1-10(26)23-14-3-11(8-21-2)4-15(7-14)24-18-22-9-12-5-13(19)6-16(20)17(12)25-18/h3-7,9,21H,8H2,1-2H3,(H,23,26)(H,22,24,25). The van der Waals surface area contributed by atoms with Crippen LogP contribution >= 0.6 is 0 Å². The fraction of sp³-hybridized carbons (Fsp3) is 0.167. The highest BCUT2D eigenvalue weighted by Gasteiger charge is 2.08. The summed E-state index contributed by atoms with van der Waals surface area (Å²) in [4.78, 5) is 19.8. The minimum Gasteiger partial charge on any atom is -0.326 e. The molecule has 130 valence electrons. The first-order chi connectivity index (χ1) is 12.4. The molecule has 6 nitrogen and oxygen atoms in total. The number of fused-ring (bicyclic) bond motifs is 1. The highest BCUT2D eigenvalue weighted by molar-refractivity contribution is 6.33. The first-order valence-electron chi connectivity index (χ1n) is 7.99. The second-order valence-corrected chi connectivity index (χ2v) is 5.89. The van der Waals surface area contributed by atoms with Gasteiger partial charge in [0.25, 0.3) is 0 Å². The molecule has 0 fully saturated rings. The summed E-state index contributed by atoms with van der Waals surface area (Å²) < 4.78 is 14.1. The van der Waals surface area contributed by atoms with Gasteiger partial charge in [0.15, 0.2) is 0 Å². The van der Waals surface area contributed by atoms with E-state index in [9.17, 15) is 9.18 Å². The van der Waals surface area contributed by atoms with E-state index in [0.717, 1.165) is 5.56 Å². The first-order valence-corrected chi connectivity index (χ1v) is 7.99. The third-order valence-electron chi connectivity index (χ3n) is 3.61. The Morgan fingerprint density at radius 3 is 2.69 bits per heavy atom. The average Bonchev–Trinajstić information content (AvgIpc) is 2.55. The van der Waals surface area contributed by atoms with Crippen LogP contribution in [0.25, 0.3) is 10.9 Å². The summed E-state index contributed by atoms with van der Waals surface area (Å²) in [6.45, 7) is 2.06. The zero-order chi connectivity index (χ0) is 18.7. The molecule has 2 radical (unpaired) electrons. The van der Waals surface area contributed by atoms with E-state index in [1.54, 1.807) is 12.1 Å². The molecule has 1 heterocycles. The van der Waals surface area contributed by atoms with Gasteiger partial charge in [0.2, 0.25) is 11.9 Å². The number of carbonyl (C=O) groups excluding carboxylic acids is 1. The van der Waals surface area contributed by atoms with E-state index in [1.165, 1.54) is 19.2 Å². The van der Waals surface area contributed by atoms with E-state index in [-0.39, 0.29) is 17.4 Å². The molecule has 1 amide bonds. The van der Waals surface area contributed by atoms with Gasteiger partial charge in [0.1, 0.15) is 19.2 Å². The van der Waals surface area contributed by atoms with Gasteiger partial charge in [-0.05, 0) is 36.9 Å². The van der Waals surface area contributed by atoms with Crippen LogP contribution in [0.1, 0.15) is 12.5 Å². The van der Waals surface area contributed by atoms with Crippen molar-refractivity contribution in [2.45, 2.75) is 13.5 Å². The zero-order valence-corrected chi connectivity index (χ0v) is 14.4. The summed E-state index contributed by atoms with van der Waals surface area (Å²) in [6.07, 6.45) is 1.51. The number of hydrogen-bond donors (Lipinski definition) is 3. The summed E-state index contributed by atoms with van der Waals surface area (Å²) in [5.41, 5.74) is 2.79. The average molecular weight is 349 g/mol. The Bertz CT molecular complexity index is 979. The van der Waals surface area contributed by atoms with Gasteiger partial charge in [-0.1, -0.05) is 11.5 Å². The Kier molecular flexibility index (Phi) is 5.13. The van der Waals surface area contributed by atoms with Crippen molar-refractivity contribution in [2.24, 2.45) is 0 Å². The third-order valence-corrected chi connectivity index (χ3v) is 3.61. The van der Waals surface area contributed by atoms with Crippen LogP contribution in [-0.4, -0.2) is 30.8 Å².